The highest BCUT2D eigenvalue weighted by Gasteiger charge is 2.24. The van der Waals surface area contributed by atoms with E-state index in [-0.39, 0.29) is 17.5 Å². The van der Waals surface area contributed by atoms with Crippen LogP contribution in [-0.2, 0) is 4.74 Å². The number of ether oxygens (including phenoxy) is 1. The van der Waals surface area contributed by atoms with Crippen molar-refractivity contribution in [1.82, 2.24) is 4.98 Å². The van der Waals surface area contributed by atoms with Crippen molar-refractivity contribution in [2.75, 3.05) is 24.6 Å². The molecule has 2 heterocycles. The summed E-state index contributed by atoms with van der Waals surface area (Å²) in [4.78, 5) is 18.3. The molecule has 0 aliphatic carbocycles. The number of para-hydroxylation sites is 1. The maximum absolute atomic E-state index is 13.1. The van der Waals surface area contributed by atoms with Crippen LogP contribution in [0, 0.1) is 5.82 Å². The summed E-state index contributed by atoms with van der Waals surface area (Å²) in [5, 5.41) is 10.2. The molecule has 5 nitrogen and oxygen atoms in total. The molecule has 26 heavy (non-hydrogen) atoms. The molecule has 1 aromatic heterocycles. The van der Waals surface area contributed by atoms with Crippen LogP contribution in [0.1, 0.15) is 22.0 Å². The fraction of sp³-hybridized carbons (Fsp3) is 0.200. The number of aromatic carboxylic acids is 1. The SMILES string of the molecule is O=C(O)c1cc(N2CCO[C@H](c3ccc(F)cc3)C2)nc2ccccc12. The number of benzene rings is 2. The predicted molar refractivity (Wildman–Crippen MR) is 96.0 cm³/mol. The van der Waals surface area contributed by atoms with Crippen LogP contribution in [0.4, 0.5) is 10.2 Å². The van der Waals surface area contributed by atoms with Crippen LogP contribution < -0.4 is 4.90 Å². The number of morpholine rings is 1. The first-order valence-corrected chi connectivity index (χ1v) is 8.37. The fourth-order valence-corrected chi connectivity index (χ4v) is 3.24. The fourth-order valence-electron chi connectivity index (χ4n) is 3.24. The molecule has 1 N–H and O–H groups in total. The zero-order valence-corrected chi connectivity index (χ0v) is 13.9. The van der Waals surface area contributed by atoms with E-state index in [0.717, 1.165) is 5.56 Å². The molecule has 1 saturated heterocycles. The van der Waals surface area contributed by atoms with Crippen molar-refractivity contribution in [3.8, 4) is 0 Å². The number of carboxylic acid groups (broad SMARTS) is 1. The molecule has 4 rings (SSSR count). The van der Waals surface area contributed by atoms with E-state index in [9.17, 15) is 14.3 Å². The average molecular weight is 352 g/mol. The third-order valence-corrected chi connectivity index (χ3v) is 4.57. The van der Waals surface area contributed by atoms with E-state index in [0.29, 0.717) is 36.4 Å². The predicted octanol–water partition coefficient (Wildman–Crippen LogP) is 3.65. The van der Waals surface area contributed by atoms with Crippen LogP contribution in [0.3, 0.4) is 0 Å². The first kappa shape index (κ1) is 16.5. The summed E-state index contributed by atoms with van der Waals surface area (Å²) < 4.78 is 19.0. The number of rotatable bonds is 3. The van der Waals surface area contributed by atoms with Crippen molar-refractivity contribution < 1.29 is 19.0 Å². The third kappa shape index (κ3) is 3.11. The van der Waals surface area contributed by atoms with Crippen LogP contribution in [0.2, 0.25) is 0 Å². The second-order valence-corrected chi connectivity index (χ2v) is 6.21. The van der Waals surface area contributed by atoms with Gasteiger partial charge in [0.15, 0.2) is 0 Å². The van der Waals surface area contributed by atoms with Gasteiger partial charge < -0.3 is 14.7 Å². The second kappa shape index (κ2) is 6.72. The smallest absolute Gasteiger partial charge is 0.336 e. The minimum absolute atomic E-state index is 0.217. The molecule has 3 aromatic rings. The van der Waals surface area contributed by atoms with Gasteiger partial charge in [-0.1, -0.05) is 30.3 Å². The number of pyridine rings is 1. The van der Waals surface area contributed by atoms with Crippen molar-refractivity contribution in [3.05, 3.63) is 71.5 Å². The topological polar surface area (TPSA) is 62.7 Å². The summed E-state index contributed by atoms with van der Waals surface area (Å²) in [6.07, 6.45) is -0.217. The van der Waals surface area contributed by atoms with Gasteiger partial charge in [-0.25, -0.2) is 14.2 Å². The zero-order chi connectivity index (χ0) is 18.1. The molecule has 1 aliphatic rings. The molecule has 0 unspecified atom stereocenters. The number of hydrogen-bond donors (Lipinski definition) is 1. The molecule has 0 bridgehead atoms. The van der Waals surface area contributed by atoms with Crippen LogP contribution in [-0.4, -0.2) is 35.8 Å². The lowest BCUT2D eigenvalue weighted by Crippen LogP contribution is -2.39. The number of nitrogens with zero attached hydrogens (tertiary/aromatic N) is 2. The molecule has 0 radical (unpaired) electrons. The molecule has 0 amide bonds. The van der Waals surface area contributed by atoms with Gasteiger partial charge in [0, 0.05) is 18.5 Å². The van der Waals surface area contributed by atoms with E-state index in [1.165, 1.54) is 12.1 Å². The second-order valence-electron chi connectivity index (χ2n) is 6.21. The zero-order valence-electron chi connectivity index (χ0n) is 13.9. The van der Waals surface area contributed by atoms with E-state index >= 15 is 0 Å². The first-order valence-electron chi connectivity index (χ1n) is 8.37. The summed E-state index contributed by atoms with van der Waals surface area (Å²) in [6.45, 7) is 1.62. The number of carbonyl (C=O) groups is 1. The molecule has 1 aliphatic heterocycles. The van der Waals surface area contributed by atoms with Crippen molar-refractivity contribution in [2.45, 2.75) is 6.10 Å². The Morgan fingerprint density at radius 2 is 1.96 bits per heavy atom. The summed E-state index contributed by atoms with van der Waals surface area (Å²) in [7, 11) is 0. The normalized spacial score (nSPS) is 17.4. The highest BCUT2D eigenvalue weighted by molar-refractivity contribution is 6.03. The summed E-state index contributed by atoms with van der Waals surface area (Å²) in [5.74, 6) is -0.659. The Balaban J connectivity index is 1.68. The summed E-state index contributed by atoms with van der Waals surface area (Å²) in [5.41, 5.74) is 1.76. The van der Waals surface area contributed by atoms with E-state index in [2.05, 4.69) is 4.98 Å². The molecule has 132 valence electrons. The monoisotopic (exact) mass is 352 g/mol. The van der Waals surface area contributed by atoms with Gasteiger partial charge in [-0.15, -0.1) is 0 Å². The number of anilines is 1. The third-order valence-electron chi connectivity index (χ3n) is 4.57. The van der Waals surface area contributed by atoms with Crippen LogP contribution in [0.15, 0.2) is 54.6 Å². The lowest BCUT2D eigenvalue weighted by molar-refractivity contribution is 0.0395. The van der Waals surface area contributed by atoms with Gasteiger partial charge in [0.1, 0.15) is 17.7 Å². The standard InChI is InChI=1S/C20H17FN2O3/c21-14-7-5-13(6-8-14)18-12-23(9-10-26-18)19-11-16(20(24)25)15-3-1-2-4-17(15)22-19/h1-8,11,18H,9-10,12H2,(H,24,25)/t18-/m0/s1. The van der Waals surface area contributed by atoms with E-state index in [1.54, 1.807) is 30.3 Å². The molecule has 1 atom stereocenters. The Morgan fingerprint density at radius 3 is 2.73 bits per heavy atom. The number of halogens is 1. The number of carboxylic acids is 1. The van der Waals surface area contributed by atoms with Gasteiger partial charge in [0.25, 0.3) is 0 Å². The lowest BCUT2D eigenvalue weighted by atomic mass is 10.1. The Bertz CT molecular complexity index is 959. The minimum Gasteiger partial charge on any atom is -0.478 e. The van der Waals surface area contributed by atoms with E-state index in [4.69, 9.17) is 4.74 Å². The molecule has 6 heteroatoms. The van der Waals surface area contributed by atoms with Gasteiger partial charge >= 0.3 is 5.97 Å². The highest BCUT2D eigenvalue weighted by atomic mass is 19.1. The maximum Gasteiger partial charge on any atom is 0.336 e. The Kier molecular flexibility index (Phi) is 4.26. The quantitative estimate of drug-likeness (QED) is 0.780. The molecule has 2 aromatic carbocycles. The van der Waals surface area contributed by atoms with Crippen LogP contribution >= 0.6 is 0 Å². The van der Waals surface area contributed by atoms with E-state index < -0.39 is 5.97 Å². The first-order chi connectivity index (χ1) is 12.6. The van der Waals surface area contributed by atoms with Crippen molar-refractivity contribution in [2.24, 2.45) is 0 Å². The van der Waals surface area contributed by atoms with Gasteiger partial charge in [0.05, 0.1) is 17.7 Å². The Hall–Kier alpha value is -2.99. The van der Waals surface area contributed by atoms with Gasteiger partial charge in [-0.2, -0.15) is 0 Å². The molecule has 0 spiro atoms. The average Bonchev–Trinajstić information content (AvgIpc) is 2.67. The van der Waals surface area contributed by atoms with E-state index in [1.807, 2.05) is 17.0 Å². The Labute approximate surface area is 149 Å². The minimum atomic E-state index is -0.979. The van der Waals surface area contributed by atoms with Crippen molar-refractivity contribution in [3.63, 3.8) is 0 Å². The van der Waals surface area contributed by atoms with Crippen LogP contribution in [0.5, 0.6) is 0 Å². The van der Waals surface area contributed by atoms with Gasteiger partial charge in [0.2, 0.25) is 0 Å². The molecular formula is C20H17FN2O3. The van der Waals surface area contributed by atoms with Crippen molar-refractivity contribution >= 4 is 22.7 Å². The largest absolute Gasteiger partial charge is 0.478 e. The number of hydrogen-bond acceptors (Lipinski definition) is 4. The van der Waals surface area contributed by atoms with Crippen LogP contribution in [0.25, 0.3) is 10.9 Å². The lowest BCUT2D eigenvalue weighted by Gasteiger charge is -2.34. The highest BCUT2D eigenvalue weighted by Crippen LogP contribution is 2.28. The summed E-state index contributed by atoms with van der Waals surface area (Å²) >= 11 is 0. The summed E-state index contributed by atoms with van der Waals surface area (Å²) in [6, 6.07) is 15.1. The molecule has 1 fully saturated rings. The maximum atomic E-state index is 13.1. The number of aromatic nitrogens is 1. The van der Waals surface area contributed by atoms with Gasteiger partial charge in [-0.05, 0) is 29.8 Å². The Morgan fingerprint density at radius 1 is 1.19 bits per heavy atom. The molecular weight excluding hydrogens is 335 g/mol. The van der Waals surface area contributed by atoms with Crippen molar-refractivity contribution in [1.29, 1.82) is 0 Å². The number of fused-ring (bicyclic) bond motifs is 1. The molecule has 0 saturated carbocycles. The van der Waals surface area contributed by atoms with Gasteiger partial charge in [-0.3, -0.25) is 0 Å².